The Morgan fingerprint density at radius 1 is 0.641 bits per heavy atom. The summed E-state index contributed by atoms with van der Waals surface area (Å²) in [6, 6.07) is 0. The van der Waals surface area contributed by atoms with E-state index < -0.39 is 66.2 Å². The van der Waals surface area contributed by atoms with Gasteiger partial charge in [0.15, 0.2) is 0 Å². The zero-order chi connectivity index (χ0) is 29.9. The first-order chi connectivity index (χ1) is 17.3. The third-order valence-electron chi connectivity index (χ3n) is 10.5. The van der Waals surface area contributed by atoms with E-state index in [0.29, 0.717) is 18.3 Å². The van der Waals surface area contributed by atoms with E-state index in [1.807, 2.05) is 6.92 Å². The van der Waals surface area contributed by atoms with Crippen LogP contribution in [-0.2, 0) is 4.74 Å². The zero-order valence-electron chi connectivity index (χ0n) is 21.6. The van der Waals surface area contributed by atoms with Crippen molar-refractivity contribution in [1.29, 1.82) is 0 Å². The van der Waals surface area contributed by atoms with Crippen LogP contribution >= 0.6 is 0 Å². The molecular formula is C25H32F12O2. The zero-order valence-corrected chi connectivity index (χ0v) is 21.6. The van der Waals surface area contributed by atoms with Crippen LogP contribution in [0.2, 0.25) is 0 Å². The molecule has 4 aliphatic rings. The van der Waals surface area contributed by atoms with Crippen LogP contribution in [0.4, 0.5) is 52.7 Å². The molecular weight excluding hydrogens is 560 g/mol. The fourth-order valence-corrected chi connectivity index (χ4v) is 9.00. The minimum atomic E-state index is -6.44. The second-order valence-electron chi connectivity index (χ2n) is 13.0. The van der Waals surface area contributed by atoms with Crippen molar-refractivity contribution in [1.82, 2.24) is 0 Å². The largest absolute Gasteiger partial charge is 0.426 e. The monoisotopic (exact) mass is 592 g/mol. The van der Waals surface area contributed by atoms with E-state index in [1.54, 1.807) is 0 Å². The van der Waals surface area contributed by atoms with E-state index in [2.05, 4.69) is 11.7 Å². The van der Waals surface area contributed by atoms with Gasteiger partial charge < -0.3 is 9.84 Å². The Morgan fingerprint density at radius 2 is 1.10 bits per heavy atom. The standard InChI is InChI=1S/C25H32F12O2/c1-10-11(2)15-7-14(10)17-12-5-13(16(6-12)18(15)17)8-21(24(32,33)34,25(35,36)37)39-19(3,4)9-20(38,22(26,27)28)23(29,30)31/h10-18,38H,5-9H2,1-4H3. The molecule has 0 aliphatic heterocycles. The third kappa shape index (κ3) is 4.56. The van der Waals surface area contributed by atoms with Crippen LogP contribution in [0.5, 0.6) is 0 Å². The lowest BCUT2D eigenvalue weighted by Gasteiger charge is -2.48. The second-order valence-corrected chi connectivity index (χ2v) is 13.0. The molecule has 2 nitrogen and oxygen atoms in total. The van der Waals surface area contributed by atoms with Gasteiger partial charge >= 0.3 is 24.7 Å². The van der Waals surface area contributed by atoms with Gasteiger partial charge in [0, 0.05) is 6.42 Å². The van der Waals surface area contributed by atoms with Crippen LogP contribution in [0.15, 0.2) is 0 Å². The lowest BCUT2D eigenvalue weighted by Crippen LogP contribution is -2.65. The molecule has 0 amide bonds. The molecule has 4 aliphatic carbocycles. The Morgan fingerprint density at radius 3 is 1.54 bits per heavy atom. The van der Waals surface area contributed by atoms with Gasteiger partial charge in [-0.05, 0) is 92.8 Å². The highest BCUT2D eigenvalue weighted by molar-refractivity contribution is 5.15. The van der Waals surface area contributed by atoms with E-state index in [1.165, 1.54) is 0 Å². The first kappa shape index (κ1) is 31.0. The fraction of sp³-hybridized carbons (Fsp3) is 1.00. The Bertz CT molecular complexity index is 905. The maximum atomic E-state index is 14.4. The van der Waals surface area contributed by atoms with E-state index in [-0.39, 0.29) is 49.9 Å². The minimum Gasteiger partial charge on any atom is -0.374 e. The first-order valence-electron chi connectivity index (χ1n) is 13.0. The molecule has 0 radical (unpaired) electrons. The molecule has 39 heavy (non-hydrogen) atoms. The molecule has 14 heteroatoms. The number of aliphatic hydroxyl groups is 1. The lowest BCUT2D eigenvalue weighted by atomic mass is 9.61. The van der Waals surface area contributed by atoms with Crippen molar-refractivity contribution >= 4 is 0 Å². The van der Waals surface area contributed by atoms with Crippen LogP contribution < -0.4 is 0 Å². The summed E-state index contributed by atoms with van der Waals surface area (Å²) >= 11 is 0. The number of halogens is 12. The molecule has 4 bridgehead atoms. The molecule has 0 saturated heterocycles. The highest BCUT2D eigenvalue weighted by Gasteiger charge is 2.77. The summed E-state index contributed by atoms with van der Waals surface area (Å²) in [5.74, 6) is -0.375. The van der Waals surface area contributed by atoms with Crippen LogP contribution in [-0.4, -0.2) is 46.6 Å². The summed E-state index contributed by atoms with van der Waals surface area (Å²) in [6.07, 6.45) is -28.2. The minimum absolute atomic E-state index is 0.0577. The van der Waals surface area contributed by atoms with Crippen molar-refractivity contribution in [3.05, 3.63) is 0 Å². The topological polar surface area (TPSA) is 29.5 Å². The molecule has 0 aromatic carbocycles. The molecule has 4 fully saturated rings. The molecule has 1 N–H and O–H groups in total. The molecule has 228 valence electrons. The molecule has 0 heterocycles. The van der Waals surface area contributed by atoms with E-state index in [0.717, 1.165) is 6.42 Å². The van der Waals surface area contributed by atoms with Gasteiger partial charge in [-0.25, -0.2) is 0 Å². The third-order valence-corrected chi connectivity index (χ3v) is 10.5. The van der Waals surface area contributed by atoms with Gasteiger partial charge in [-0.3, -0.25) is 0 Å². The lowest BCUT2D eigenvalue weighted by molar-refractivity contribution is -0.420. The Labute approximate surface area is 217 Å². The quantitative estimate of drug-likeness (QED) is 0.250. The van der Waals surface area contributed by atoms with Crippen molar-refractivity contribution < 1.29 is 62.5 Å². The van der Waals surface area contributed by atoms with Crippen molar-refractivity contribution in [2.24, 2.45) is 53.3 Å². The first-order valence-corrected chi connectivity index (χ1v) is 13.0. The van der Waals surface area contributed by atoms with Crippen molar-refractivity contribution in [3.8, 4) is 0 Å². The molecule has 0 aromatic heterocycles. The van der Waals surface area contributed by atoms with E-state index in [4.69, 9.17) is 0 Å². The van der Waals surface area contributed by atoms with Crippen LogP contribution in [0, 0.1) is 53.3 Å². The number of ether oxygens (including phenoxy) is 1. The fourth-order valence-electron chi connectivity index (χ4n) is 9.00. The normalized spacial score (nSPS) is 37.6. The average Bonchev–Trinajstić information content (AvgIpc) is 3.43. The van der Waals surface area contributed by atoms with Gasteiger partial charge in [-0.1, -0.05) is 13.8 Å². The summed E-state index contributed by atoms with van der Waals surface area (Å²) in [5.41, 5.74) is -14.0. The maximum Gasteiger partial charge on any atom is 0.426 e. The van der Waals surface area contributed by atoms with Crippen molar-refractivity contribution in [3.63, 3.8) is 0 Å². The molecule has 4 rings (SSSR count). The highest BCUT2D eigenvalue weighted by atomic mass is 19.4. The number of fused-ring (bicyclic) bond motifs is 9. The van der Waals surface area contributed by atoms with E-state index >= 15 is 0 Å². The molecule has 9 atom stereocenters. The SMILES string of the molecule is CC1C(C)C2CC1C1C3CC(CC(OC(C)(C)CC(O)(C(F)(F)F)C(F)(F)F)(C(F)(F)F)C(F)(F)F)C(C3)C21. The predicted octanol–water partition coefficient (Wildman–Crippen LogP) is 8.09. The number of hydrogen-bond donors (Lipinski definition) is 1. The summed E-state index contributed by atoms with van der Waals surface area (Å²) < 4.78 is 170. The van der Waals surface area contributed by atoms with Crippen LogP contribution in [0.1, 0.15) is 59.8 Å². The summed E-state index contributed by atoms with van der Waals surface area (Å²) in [6.45, 7) is 4.65. The van der Waals surface area contributed by atoms with Gasteiger partial charge in [0.2, 0.25) is 0 Å². The molecule has 0 aromatic rings. The maximum absolute atomic E-state index is 14.4. The summed E-state index contributed by atoms with van der Waals surface area (Å²) in [7, 11) is 0. The molecule has 4 saturated carbocycles. The number of alkyl halides is 12. The Hall–Kier alpha value is -0.920. The predicted molar refractivity (Wildman–Crippen MR) is 113 cm³/mol. The van der Waals surface area contributed by atoms with Crippen LogP contribution in [0.3, 0.4) is 0 Å². The van der Waals surface area contributed by atoms with Crippen molar-refractivity contribution in [2.75, 3.05) is 0 Å². The Balaban J connectivity index is 1.67. The van der Waals surface area contributed by atoms with Gasteiger partial charge in [0.1, 0.15) is 0 Å². The summed E-state index contributed by atoms with van der Waals surface area (Å²) in [4.78, 5) is 0. The van der Waals surface area contributed by atoms with Gasteiger partial charge in [-0.15, -0.1) is 0 Å². The van der Waals surface area contributed by atoms with Crippen LogP contribution in [0.25, 0.3) is 0 Å². The average molecular weight is 593 g/mol. The van der Waals surface area contributed by atoms with Crippen molar-refractivity contribution in [2.45, 2.75) is 101 Å². The highest BCUT2D eigenvalue weighted by Crippen LogP contribution is 2.72. The smallest absolute Gasteiger partial charge is 0.374 e. The Kier molecular flexibility index (Phi) is 7.00. The number of hydrogen-bond acceptors (Lipinski definition) is 2. The van der Waals surface area contributed by atoms with Gasteiger partial charge in [-0.2, -0.15) is 52.7 Å². The number of rotatable bonds is 6. The molecule has 9 unspecified atom stereocenters. The molecule has 0 spiro atoms. The second kappa shape index (κ2) is 8.80. The summed E-state index contributed by atoms with van der Waals surface area (Å²) in [5, 5.41) is 9.51. The van der Waals surface area contributed by atoms with Gasteiger partial charge in [0.05, 0.1) is 5.60 Å². The van der Waals surface area contributed by atoms with Gasteiger partial charge in [0.25, 0.3) is 11.2 Å². The van der Waals surface area contributed by atoms with E-state index in [9.17, 15) is 57.8 Å².